The van der Waals surface area contributed by atoms with E-state index in [2.05, 4.69) is 5.32 Å². The van der Waals surface area contributed by atoms with Crippen LogP contribution in [0.3, 0.4) is 0 Å². The van der Waals surface area contributed by atoms with Crippen LogP contribution in [-0.4, -0.2) is 24.9 Å². The Morgan fingerprint density at radius 3 is 2.25 bits per heavy atom. The largest absolute Gasteiger partial charge is 0.352 e. The van der Waals surface area contributed by atoms with Crippen LogP contribution in [0.5, 0.6) is 0 Å². The van der Waals surface area contributed by atoms with Gasteiger partial charge in [-0.1, -0.05) is 30.3 Å². The number of carbonyl (C=O) groups excluding carboxylic acids is 1. The van der Waals surface area contributed by atoms with Gasteiger partial charge in [0, 0.05) is 0 Å². The van der Waals surface area contributed by atoms with Crippen molar-refractivity contribution in [1.82, 2.24) is 5.32 Å². The number of nitrogens with one attached hydrogen (secondary N) is 1. The van der Waals surface area contributed by atoms with Gasteiger partial charge < -0.3 is 14.4 Å². The number of rotatable bonds is 8. The number of benzene rings is 1. The first-order valence-electron chi connectivity index (χ1n) is 6.74. The molecule has 20 heavy (non-hydrogen) atoms. The Bertz CT molecular complexity index is 454. The molecule has 1 aromatic rings. The lowest BCUT2D eigenvalue weighted by Gasteiger charge is -2.24. The highest BCUT2D eigenvalue weighted by Crippen LogP contribution is 2.51. The summed E-state index contributed by atoms with van der Waals surface area (Å²) in [6.45, 7) is 5.66. The summed E-state index contributed by atoms with van der Waals surface area (Å²) in [4.78, 5) is 11.9. The molecule has 112 valence electrons. The van der Waals surface area contributed by atoms with Gasteiger partial charge in [0.1, 0.15) is 5.78 Å². The van der Waals surface area contributed by atoms with Gasteiger partial charge in [-0.25, -0.2) is 0 Å². The Labute approximate surface area is 120 Å². The number of carbonyl (C=O) groups is 1. The van der Waals surface area contributed by atoms with E-state index in [0.717, 1.165) is 5.56 Å². The third-order valence-electron chi connectivity index (χ3n) is 2.67. The average Bonchev–Trinajstić information content (AvgIpc) is 2.40. The van der Waals surface area contributed by atoms with Crippen LogP contribution in [0.1, 0.15) is 26.3 Å². The molecule has 0 aliphatic rings. The van der Waals surface area contributed by atoms with Crippen molar-refractivity contribution < 1.29 is 18.4 Å². The highest BCUT2D eigenvalue weighted by molar-refractivity contribution is 7.54. The zero-order chi connectivity index (χ0) is 15.0. The maximum absolute atomic E-state index is 12.4. The Kier molecular flexibility index (Phi) is 6.93. The first-order chi connectivity index (χ1) is 9.51. The first kappa shape index (κ1) is 16.9. The van der Waals surface area contributed by atoms with Crippen molar-refractivity contribution in [1.29, 1.82) is 0 Å². The van der Waals surface area contributed by atoms with Crippen molar-refractivity contribution in [2.45, 2.75) is 33.0 Å². The van der Waals surface area contributed by atoms with Crippen LogP contribution >= 0.6 is 7.60 Å². The lowest BCUT2D eigenvalue weighted by molar-refractivity contribution is -0.120. The van der Waals surface area contributed by atoms with E-state index in [1.54, 1.807) is 20.8 Å². The molecular weight excluding hydrogens is 277 g/mol. The van der Waals surface area contributed by atoms with Gasteiger partial charge in [0.15, 0.2) is 0 Å². The third kappa shape index (κ3) is 5.08. The maximum atomic E-state index is 12.4. The molecule has 0 bridgehead atoms. The van der Waals surface area contributed by atoms with E-state index in [0.29, 0.717) is 0 Å². The van der Waals surface area contributed by atoms with Gasteiger partial charge in [0.05, 0.1) is 19.6 Å². The number of amides is 1. The topological polar surface area (TPSA) is 64.6 Å². The Hall–Kier alpha value is -1.16. The van der Waals surface area contributed by atoms with Crippen LogP contribution in [0.4, 0.5) is 0 Å². The summed E-state index contributed by atoms with van der Waals surface area (Å²) < 4.78 is 22.8. The Morgan fingerprint density at radius 2 is 1.75 bits per heavy atom. The van der Waals surface area contributed by atoms with Gasteiger partial charge >= 0.3 is 7.60 Å². The van der Waals surface area contributed by atoms with Crippen molar-refractivity contribution in [2.75, 3.05) is 13.2 Å². The summed E-state index contributed by atoms with van der Waals surface area (Å²) in [5, 5.41) is 2.69. The van der Waals surface area contributed by atoms with Crippen LogP contribution in [0.2, 0.25) is 0 Å². The zero-order valence-corrected chi connectivity index (χ0v) is 13.1. The van der Waals surface area contributed by atoms with E-state index >= 15 is 0 Å². The molecule has 0 unspecified atom stereocenters. The standard InChI is InChI=1S/C14H22NO4P/c1-4-18-20(17,19-5-2)12(3)15-14(16)11-13-9-7-6-8-10-13/h6-10,12H,4-5,11H2,1-3H3,(H,15,16)/t12-/m0/s1. The fraction of sp³-hybridized carbons (Fsp3) is 0.500. The fourth-order valence-electron chi connectivity index (χ4n) is 1.77. The monoisotopic (exact) mass is 299 g/mol. The summed E-state index contributed by atoms with van der Waals surface area (Å²) in [5.41, 5.74) is 0.903. The molecule has 1 N–H and O–H groups in total. The van der Waals surface area contributed by atoms with Crippen molar-refractivity contribution in [3.05, 3.63) is 35.9 Å². The van der Waals surface area contributed by atoms with Crippen LogP contribution in [0, 0.1) is 0 Å². The predicted molar refractivity (Wildman–Crippen MR) is 78.6 cm³/mol. The fourth-order valence-corrected chi connectivity index (χ4v) is 3.31. The molecule has 0 aliphatic heterocycles. The van der Waals surface area contributed by atoms with Gasteiger partial charge in [-0.05, 0) is 26.3 Å². The quantitative estimate of drug-likeness (QED) is 0.750. The van der Waals surface area contributed by atoms with E-state index in [9.17, 15) is 9.36 Å². The summed E-state index contributed by atoms with van der Waals surface area (Å²) in [6.07, 6.45) is 0.240. The molecule has 0 radical (unpaired) electrons. The van der Waals surface area contributed by atoms with Gasteiger partial charge in [0.2, 0.25) is 5.91 Å². The molecule has 0 spiro atoms. The van der Waals surface area contributed by atoms with Crippen LogP contribution in [-0.2, 0) is 24.8 Å². The molecule has 1 rings (SSSR count). The van der Waals surface area contributed by atoms with E-state index in [1.807, 2.05) is 30.3 Å². The van der Waals surface area contributed by atoms with Gasteiger partial charge in [-0.2, -0.15) is 0 Å². The van der Waals surface area contributed by atoms with Crippen LogP contribution < -0.4 is 5.32 Å². The summed E-state index contributed by atoms with van der Waals surface area (Å²) in [6, 6.07) is 9.38. The van der Waals surface area contributed by atoms with E-state index in [-0.39, 0.29) is 25.5 Å². The molecule has 0 heterocycles. The maximum Gasteiger partial charge on any atom is 0.352 e. The Balaban J connectivity index is 2.61. The van der Waals surface area contributed by atoms with Gasteiger partial charge in [-0.15, -0.1) is 0 Å². The molecule has 5 nitrogen and oxygen atoms in total. The Morgan fingerprint density at radius 1 is 1.20 bits per heavy atom. The lowest BCUT2D eigenvalue weighted by Crippen LogP contribution is -2.34. The van der Waals surface area contributed by atoms with E-state index in [4.69, 9.17) is 9.05 Å². The van der Waals surface area contributed by atoms with E-state index in [1.165, 1.54) is 0 Å². The minimum absolute atomic E-state index is 0.205. The third-order valence-corrected chi connectivity index (χ3v) is 4.98. The molecular formula is C14H22NO4P. The summed E-state index contributed by atoms with van der Waals surface area (Å²) >= 11 is 0. The van der Waals surface area contributed by atoms with Crippen LogP contribution in [0.15, 0.2) is 30.3 Å². The molecule has 1 atom stereocenters. The SMILES string of the molecule is CCOP(=O)(OCC)[C@@H](C)NC(=O)Cc1ccccc1. The molecule has 1 aromatic carbocycles. The smallest absolute Gasteiger partial charge is 0.342 e. The van der Waals surface area contributed by atoms with Crippen molar-refractivity contribution in [2.24, 2.45) is 0 Å². The number of hydrogen-bond acceptors (Lipinski definition) is 4. The minimum atomic E-state index is -3.30. The predicted octanol–water partition coefficient (Wildman–Crippen LogP) is 2.96. The van der Waals surface area contributed by atoms with Crippen molar-refractivity contribution in [3.8, 4) is 0 Å². The minimum Gasteiger partial charge on any atom is -0.342 e. The average molecular weight is 299 g/mol. The second-order valence-electron chi connectivity index (χ2n) is 4.28. The number of hydrogen-bond donors (Lipinski definition) is 1. The van der Waals surface area contributed by atoms with Crippen LogP contribution in [0.25, 0.3) is 0 Å². The van der Waals surface area contributed by atoms with Gasteiger partial charge in [-0.3, -0.25) is 9.36 Å². The summed E-state index contributed by atoms with van der Waals surface area (Å²) in [5.74, 6) is -0.873. The molecule has 0 fully saturated rings. The van der Waals surface area contributed by atoms with Crippen molar-refractivity contribution >= 4 is 13.5 Å². The lowest BCUT2D eigenvalue weighted by atomic mass is 10.1. The molecule has 0 saturated heterocycles. The highest BCUT2D eigenvalue weighted by Gasteiger charge is 2.32. The second-order valence-corrected chi connectivity index (χ2v) is 6.65. The molecule has 6 heteroatoms. The normalized spacial score (nSPS) is 12.9. The zero-order valence-electron chi connectivity index (χ0n) is 12.2. The summed E-state index contributed by atoms with van der Waals surface area (Å²) in [7, 11) is -3.30. The van der Waals surface area contributed by atoms with E-state index < -0.39 is 13.4 Å². The van der Waals surface area contributed by atoms with Crippen molar-refractivity contribution in [3.63, 3.8) is 0 Å². The van der Waals surface area contributed by atoms with Gasteiger partial charge in [0.25, 0.3) is 0 Å². The molecule has 0 saturated carbocycles. The second kappa shape index (κ2) is 8.20. The molecule has 0 aliphatic carbocycles. The highest BCUT2D eigenvalue weighted by atomic mass is 31.2. The molecule has 0 aromatic heterocycles. The molecule has 1 amide bonds. The first-order valence-corrected chi connectivity index (χ1v) is 8.35.